The first-order valence-corrected chi connectivity index (χ1v) is 9.57. The molecule has 1 aliphatic rings. The van der Waals surface area contributed by atoms with E-state index >= 15 is 0 Å². The molecule has 0 bridgehead atoms. The first kappa shape index (κ1) is 18.9. The quantitative estimate of drug-likeness (QED) is 0.479. The molecule has 5 rings (SSSR count). The summed E-state index contributed by atoms with van der Waals surface area (Å²) in [6.45, 7) is 0.776. The lowest BCUT2D eigenvalue weighted by Gasteiger charge is -2.16. The zero-order valence-electron chi connectivity index (χ0n) is 16.2. The maximum atomic E-state index is 14.0. The molecule has 31 heavy (non-hydrogen) atoms. The normalized spacial score (nSPS) is 12.8. The Kier molecular flexibility index (Phi) is 4.66. The molecule has 2 aromatic carbocycles. The van der Waals surface area contributed by atoms with Gasteiger partial charge in [0, 0.05) is 25.5 Å². The van der Waals surface area contributed by atoms with Gasteiger partial charge in [-0.3, -0.25) is 9.78 Å². The molecule has 0 radical (unpaired) electrons. The summed E-state index contributed by atoms with van der Waals surface area (Å²) in [5, 5.41) is 4.20. The molecule has 154 valence electrons. The van der Waals surface area contributed by atoms with Crippen LogP contribution in [0.15, 0.2) is 73.3 Å². The van der Waals surface area contributed by atoms with Crippen molar-refractivity contribution >= 4 is 5.91 Å². The molecule has 0 fully saturated rings. The summed E-state index contributed by atoms with van der Waals surface area (Å²) in [7, 11) is 0. The third kappa shape index (κ3) is 3.52. The summed E-state index contributed by atoms with van der Waals surface area (Å²) in [4.78, 5) is 18.2. The van der Waals surface area contributed by atoms with Crippen molar-refractivity contribution in [3.8, 4) is 17.2 Å². The first-order chi connectivity index (χ1) is 15.1. The van der Waals surface area contributed by atoms with Crippen LogP contribution in [0.5, 0.6) is 11.5 Å². The van der Waals surface area contributed by atoms with Gasteiger partial charge in [0.1, 0.15) is 5.75 Å². The predicted octanol–water partition coefficient (Wildman–Crippen LogP) is 4.49. The Bertz CT molecular complexity index is 1240. The van der Waals surface area contributed by atoms with Crippen molar-refractivity contribution in [1.82, 2.24) is 19.7 Å². The van der Waals surface area contributed by atoms with E-state index in [9.17, 15) is 13.6 Å². The molecule has 0 saturated heterocycles. The molecule has 0 aliphatic carbocycles. The van der Waals surface area contributed by atoms with E-state index in [1.54, 1.807) is 27.9 Å². The average molecular weight is 418 g/mol. The largest absolute Gasteiger partial charge is 0.450 e. The number of fused-ring (bicyclic) bond motifs is 1. The molecule has 4 aromatic rings. The van der Waals surface area contributed by atoms with Crippen molar-refractivity contribution in [2.45, 2.75) is 13.1 Å². The van der Waals surface area contributed by atoms with Crippen molar-refractivity contribution in [1.29, 1.82) is 0 Å². The minimum atomic E-state index is -0.933. The smallest absolute Gasteiger partial charge is 0.258 e. The summed E-state index contributed by atoms with van der Waals surface area (Å²) in [6.07, 6.45) is 5.29. The number of amides is 1. The van der Waals surface area contributed by atoms with Gasteiger partial charge in [-0.05, 0) is 35.4 Å². The first-order valence-electron chi connectivity index (χ1n) is 9.57. The average Bonchev–Trinajstić information content (AvgIpc) is 3.41. The minimum Gasteiger partial charge on any atom is -0.450 e. The molecule has 0 unspecified atom stereocenters. The number of halogens is 2. The highest BCUT2D eigenvalue weighted by atomic mass is 19.1. The second kappa shape index (κ2) is 7.64. The molecule has 0 N–H and O–H groups in total. The van der Waals surface area contributed by atoms with Crippen LogP contribution in [0, 0.1) is 11.6 Å². The molecular weight excluding hydrogens is 402 g/mol. The number of carbonyl (C=O) groups excluding carboxylic acids is 1. The third-order valence-electron chi connectivity index (χ3n) is 5.08. The highest BCUT2D eigenvalue weighted by Gasteiger charge is 2.31. The number of ether oxygens (including phenoxy) is 1. The molecule has 1 aliphatic heterocycles. The summed E-state index contributed by atoms with van der Waals surface area (Å²) < 4.78 is 35.1. The third-order valence-corrected chi connectivity index (χ3v) is 5.08. The van der Waals surface area contributed by atoms with E-state index in [-0.39, 0.29) is 11.7 Å². The van der Waals surface area contributed by atoms with Gasteiger partial charge in [-0.2, -0.15) is 5.10 Å². The minimum absolute atomic E-state index is 0.114. The van der Waals surface area contributed by atoms with E-state index in [1.165, 1.54) is 6.07 Å². The second-order valence-corrected chi connectivity index (χ2v) is 7.10. The number of aromatic nitrogens is 3. The maximum Gasteiger partial charge on any atom is 0.258 e. The lowest BCUT2D eigenvalue weighted by Crippen LogP contribution is -2.23. The SMILES string of the molecule is O=C1c2c(cccc2Oc2c(F)cncc2F)CN1Cc1ccc(-n2cccn2)cc1. The Balaban J connectivity index is 1.37. The van der Waals surface area contributed by atoms with Crippen LogP contribution in [0.1, 0.15) is 21.5 Å². The van der Waals surface area contributed by atoms with E-state index in [1.807, 2.05) is 36.5 Å². The molecule has 6 nitrogen and oxygen atoms in total. The molecule has 8 heteroatoms. The van der Waals surface area contributed by atoms with E-state index < -0.39 is 17.4 Å². The summed E-state index contributed by atoms with van der Waals surface area (Å²) in [6, 6.07) is 14.6. The Labute approximate surface area is 176 Å². The van der Waals surface area contributed by atoms with Crippen LogP contribution in [0.25, 0.3) is 5.69 Å². The van der Waals surface area contributed by atoms with Gasteiger partial charge in [0.2, 0.25) is 5.75 Å². The number of benzene rings is 2. The van der Waals surface area contributed by atoms with Gasteiger partial charge in [-0.1, -0.05) is 24.3 Å². The standard InChI is InChI=1S/C23H16F2N4O2/c24-18-11-26-12-19(25)22(18)31-20-4-1-3-16-14-28(23(30)21(16)20)13-15-5-7-17(8-6-15)29-10-2-9-27-29/h1-12H,13-14H2. The number of hydrogen-bond acceptors (Lipinski definition) is 4. The van der Waals surface area contributed by atoms with Crippen LogP contribution in [0.2, 0.25) is 0 Å². The van der Waals surface area contributed by atoms with Crippen molar-refractivity contribution in [3.05, 3.63) is 102 Å². The fourth-order valence-electron chi connectivity index (χ4n) is 3.60. The second-order valence-electron chi connectivity index (χ2n) is 7.10. The van der Waals surface area contributed by atoms with Crippen LogP contribution in [0.3, 0.4) is 0 Å². The Morgan fingerprint density at radius 3 is 2.48 bits per heavy atom. The topological polar surface area (TPSA) is 60.2 Å². The molecular formula is C23H16F2N4O2. The van der Waals surface area contributed by atoms with Gasteiger partial charge >= 0.3 is 0 Å². The van der Waals surface area contributed by atoms with E-state index in [0.717, 1.165) is 29.2 Å². The van der Waals surface area contributed by atoms with E-state index in [4.69, 9.17) is 4.74 Å². The lowest BCUT2D eigenvalue weighted by molar-refractivity contribution is 0.0764. The van der Waals surface area contributed by atoms with Crippen molar-refractivity contribution in [2.75, 3.05) is 0 Å². The Morgan fingerprint density at radius 1 is 1.00 bits per heavy atom. The van der Waals surface area contributed by atoms with Gasteiger partial charge in [0.25, 0.3) is 5.91 Å². The molecule has 2 aromatic heterocycles. The van der Waals surface area contributed by atoms with Crippen LogP contribution in [-0.2, 0) is 13.1 Å². The Morgan fingerprint density at radius 2 is 1.77 bits per heavy atom. The summed E-state index contributed by atoms with van der Waals surface area (Å²) >= 11 is 0. The maximum absolute atomic E-state index is 14.0. The molecule has 0 saturated carbocycles. The fourth-order valence-corrected chi connectivity index (χ4v) is 3.60. The molecule has 0 atom stereocenters. The van der Waals surface area contributed by atoms with Crippen molar-refractivity contribution < 1.29 is 18.3 Å². The predicted molar refractivity (Wildman–Crippen MR) is 108 cm³/mol. The van der Waals surface area contributed by atoms with Crippen molar-refractivity contribution in [3.63, 3.8) is 0 Å². The van der Waals surface area contributed by atoms with Gasteiger partial charge in [-0.25, -0.2) is 13.5 Å². The van der Waals surface area contributed by atoms with Crippen LogP contribution in [0.4, 0.5) is 8.78 Å². The lowest BCUT2D eigenvalue weighted by atomic mass is 10.1. The zero-order valence-corrected chi connectivity index (χ0v) is 16.2. The highest BCUT2D eigenvalue weighted by Crippen LogP contribution is 2.36. The number of nitrogens with zero attached hydrogens (tertiary/aromatic N) is 4. The molecule has 1 amide bonds. The van der Waals surface area contributed by atoms with Crippen LogP contribution >= 0.6 is 0 Å². The zero-order chi connectivity index (χ0) is 21.4. The number of hydrogen-bond donors (Lipinski definition) is 0. The fraction of sp³-hybridized carbons (Fsp3) is 0.0870. The van der Waals surface area contributed by atoms with E-state index in [2.05, 4.69) is 10.1 Å². The van der Waals surface area contributed by atoms with Crippen LogP contribution < -0.4 is 4.74 Å². The Hall–Kier alpha value is -4.07. The van der Waals surface area contributed by atoms with E-state index in [0.29, 0.717) is 18.7 Å². The molecule has 3 heterocycles. The number of carbonyl (C=O) groups is 1. The van der Waals surface area contributed by atoms with Gasteiger partial charge < -0.3 is 9.64 Å². The molecule has 0 spiro atoms. The number of pyridine rings is 1. The van der Waals surface area contributed by atoms with Crippen LogP contribution in [-0.4, -0.2) is 25.6 Å². The van der Waals surface area contributed by atoms with Gasteiger partial charge in [-0.15, -0.1) is 0 Å². The number of rotatable bonds is 5. The van der Waals surface area contributed by atoms with Crippen molar-refractivity contribution in [2.24, 2.45) is 0 Å². The monoisotopic (exact) mass is 418 g/mol. The summed E-state index contributed by atoms with van der Waals surface area (Å²) in [5.41, 5.74) is 2.92. The summed E-state index contributed by atoms with van der Waals surface area (Å²) in [5.74, 6) is -2.59. The van der Waals surface area contributed by atoms with Gasteiger partial charge in [0.15, 0.2) is 11.6 Å². The van der Waals surface area contributed by atoms with Gasteiger partial charge in [0.05, 0.1) is 23.6 Å². The highest BCUT2D eigenvalue weighted by molar-refractivity contribution is 6.01.